The van der Waals surface area contributed by atoms with Crippen LogP contribution in [0.3, 0.4) is 0 Å². The van der Waals surface area contributed by atoms with Crippen molar-refractivity contribution < 1.29 is 23.4 Å². The van der Waals surface area contributed by atoms with Crippen molar-refractivity contribution in [1.29, 1.82) is 0 Å². The highest BCUT2D eigenvalue weighted by atomic mass is 16.5. The molecule has 7 nitrogen and oxygen atoms in total. The first-order chi connectivity index (χ1) is 15.9. The normalized spacial score (nSPS) is 15.2. The molecule has 1 aliphatic heterocycles. The van der Waals surface area contributed by atoms with Gasteiger partial charge >= 0.3 is 0 Å². The second-order valence-electron chi connectivity index (χ2n) is 8.22. The fourth-order valence-corrected chi connectivity index (χ4v) is 4.60. The van der Waals surface area contributed by atoms with Gasteiger partial charge in [-0.05, 0) is 62.1 Å². The average Bonchev–Trinajstić information content (AvgIpc) is 3.06. The molecule has 2 aromatic carbocycles. The van der Waals surface area contributed by atoms with E-state index in [-0.39, 0.29) is 17.1 Å². The summed E-state index contributed by atoms with van der Waals surface area (Å²) in [4.78, 5) is 28.9. The molecule has 0 fully saturated rings. The van der Waals surface area contributed by atoms with Crippen LogP contribution in [0.1, 0.15) is 52.2 Å². The second kappa shape index (κ2) is 9.27. The van der Waals surface area contributed by atoms with E-state index in [4.69, 9.17) is 18.6 Å². The van der Waals surface area contributed by atoms with Gasteiger partial charge in [-0.25, -0.2) is 0 Å². The van der Waals surface area contributed by atoms with Gasteiger partial charge < -0.3 is 23.5 Å². The Morgan fingerprint density at radius 2 is 1.85 bits per heavy atom. The first-order valence-corrected chi connectivity index (χ1v) is 11.1. The smallest absolute Gasteiger partial charge is 0.290 e. The molecule has 3 aromatic rings. The lowest BCUT2D eigenvalue weighted by Gasteiger charge is -2.25. The van der Waals surface area contributed by atoms with E-state index in [1.807, 2.05) is 45.0 Å². The number of benzene rings is 2. The molecule has 0 aliphatic carbocycles. The van der Waals surface area contributed by atoms with Gasteiger partial charge in [-0.15, -0.1) is 0 Å². The molecule has 1 amide bonds. The van der Waals surface area contributed by atoms with Crippen molar-refractivity contribution in [2.45, 2.75) is 33.2 Å². The van der Waals surface area contributed by atoms with Crippen LogP contribution in [0, 0.1) is 13.8 Å². The maximum atomic E-state index is 13.8. The minimum Gasteiger partial charge on any atom is -0.493 e. The van der Waals surface area contributed by atoms with Gasteiger partial charge in [0.05, 0.1) is 30.7 Å². The van der Waals surface area contributed by atoms with Crippen LogP contribution in [-0.2, 0) is 4.74 Å². The van der Waals surface area contributed by atoms with Crippen LogP contribution >= 0.6 is 0 Å². The van der Waals surface area contributed by atoms with Crippen LogP contribution < -0.4 is 14.9 Å². The van der Waals surface area contributed by atoms with Gasteiger partial charge in [-0.1, -0.05) is 12.1 Å². The molecule has 0 saturated carbocycles. The molecule has 1 aromatic heterocycles. The van der Waals surface area contributed by atoms with E-state index in [1.165, 1.54) is 0 Å². The van der Waals surface area contributed by atoms with Gasteiger partial charge in [0.1, 0.15) is 5.58 Å². The first kappa shape index (κ1) is 22.9. The highest BCUT2D eigenvalue weighted by molar-refractivity contribution is 5.99. The maximum absolute atomic E-state index is 13.8. The summed E-state index contributed by atoms with van der Waals surface area (Å²) in [5, 5.41) is 0.508. The zero-order valence-electron chi connectivity index (χ0n) is 19.7. The molecule has 1 aliphatic rings. The Kier molecular flexibility index (Phi) is 6.42. The monoisotopic (exact) mass is 451 g/mol. The molecule has 0 radical (unpaired) electrons. The van der Waals surface area contributed by atoms with Crippen LogP contribution in [0.5, 0.6) is 11.5 Å². The average molecular weight is 452 g/mol. The van der Waals surface area contributed by atoms with Gasteiger partial charge in [0.2, 0.25) is 5.76 Å². The quantitative estimate of drug-likeness (QED) is 0.473. The lowest BCUT2D eigenvalue weighted by molar-refractivity contribution is 0.0707. The van der Waals surface area contributed by atoms with Crippen molar-refractivity contribution in [3.63, 3.8) is 0 Å². The predicted molar refractivity (Wildman–Crippen MR) is 125 cm³/mol. The molecule has 0 spiro atoms. The summed E-state index contributed by atoms with van der Waals surface area (Å²) in [6.45, 7) is 7.15. The number of nitrogens with zero attached hydrogens (tertiary/aromatic N) is 1. The van der Waals surface area contributed by atoms with Crippen LogP contribution in [-0.4, -0.2) is 44.8 Å². The van der Waals surface area contributed by atoms with Gasteiger partial charge in [0.15, 0.2) is 16.9 Å². The van der Waals surface area contributed by atoms with Crippen LogP contribution in [0.15, 0.2) is 39.5 Å². The van der Waals surface area contributed by atoms with Crippen molar-refractivity contribution in [1.82, 2.24) is 4.90 Å². The van der Waals surface area contributed by atoms with Gasteiger partial charge in [0, 0.05) is 20.3 Å². The lowest BCUT2D eigenvalue weighted by Crippen LogP contribution is -2.31. The number of aryl methyl sites for hydroxylation is 2. The third kappa shape index (κ3) is 3.97. The topological polar surface area (TPSA) is 78.2 Å². The molecule has 0 N–H and O–H groups in total. The summed E-state index contributed by atoms with van der Waals surface area (Å²) in [5.74, 6) is 0.963. The number of rotatable bonds is 8. The van der Waals surface area contributed by atoms with Crippen molar-refractivity contribution >= 4 is 16.9 Å². The zero-order chi connectivity index (χ0) is 23.7. The molecular formula is C26H29NO6. The van der Waals surface area contributed by atoms with Crippen molar-refractivity contribution in [2.75, 3.05) is 34.0 Å². The SMILES string of the molecule is CCOc1ccc(C2c3c(oc4cc(C)cc(C)c4c3=O)C(=O)N2CCCOC)cc1OC. The number of hydrogen-bond donors (Lipinski definition) is 0. The fourth-order valence-electron chi connectivity index (χ4n) is 4.60. The first-order valence-electron chi connectivity index (χ1n) is 11.1. The summed E-state index contributed by atoms with van der Waals surface area (Å²) < 4.78 is 22.5. The van der Waals surface area contributed by atoms with Gasteiger partial charge in [-0.2, -0.15) is 0 Å². The number of amides is 1. The Balaban J connectivity index is 1.93. The number of ether oxygens (including phenoxy) is 3. The highest BCUT2D eigenvalue weighted by Crippen LogP contribution is 2.41. The summed E-state index contributed by atoms with van der Waals surface area (Å²) in [6.07, 6.45) is 0.632. The van der Waals surface area contributed by atoms with E-state index in [0.717, 1.165) is 16.7 Å². The largest absolute Gasteiger partial charge is 0.493 e. The molecule has 174 valence electrons. The molecule has 33 heavy (non-hydrogen) atoms. The maximum Gasteiger partial charge on any atom is 0.290 e. The molecule has 0 bridgehead atoms. The Morgan fingerprint density at radius 3 is 2.55 bits per heavy atom. The van der Waals surface area contributed by atoms with Crippen LogP contribution in [0.4, 0.5) is 0 Å². The van der Waals surface area contributed by atoms with E-state index in [0.29, 0.717) is 54.2 Å². The van der Waals surface area contributed by atoms with Crippen LogP contribution in [0.2, 0.25) is 0 Å². The predicted octanol–water partition coefficient (Wildman–Crippen LogP) is 4.40. The highest BCUT2D eigenvalue weighted by Gasteiger charge is 2.42. The minimum absolute atomic E-state index is 0.104. The number of carbonyl (C=O) groups is 1. The van der Waals surface area contributed by atoms with Gasteiger partial charge in [0.25, 0.3) is 5.91 Å². The summed E-state index contributed by atoms with van der Waals surface area (Å²) in [6, 6.07) is 8.68. The summed E-state index contributed by atoms with van der Waals surface area (Å²) in [7, 11) is 3.19. The summed E-state index contributed by atoms with van der Waals surface area (Å²) in [5.41, 5.74) is 3.18. The molecule has 7 heteroatoms. The van der Waals surface area contributed by atoms with E-state index < -0.39 is 6.04 Å². The molecule has 2 heterocycles. The number of fused-ring (bicyclic) bond motifs is 2. The molecule has 1 atom stereocenters. The fraction of sp³-hybridized carbons (Fsp3) is 0.385. The van der Waals surface area contributed by atoms with Crippen molar-refractivity contribution in [2.24, 2.45) is 0 Å². The zero-order valence-corrected chi connectivity index (χ0v) is 19.7. The molecule has 0 saturated heterocycles. The Morgan fingerprint density at radius 1 is 1.06 bits per heavy atom. The Bertz CT molecular complexity index is 1260. The van der Waals surface area contributed by atoms with Crippen molar-refractivity contribution in [3.05, 3.63) is 68.6 Å². The van der Waals surface area contributed by atoms with E-state index >= 15 is 0 Å². The molecule has 4 rings (SSSR count). The van der Waals surface area contributed by atoms with Gasteiger partial charge in [-0.3, -0.25) is 9.59 Å². The third-order valence-corrected chi connectivity index (χ3v) is 5.96. The Labute approximate surface area is 192 Å². The van der Waals surface area contributed by atoms with E-state index in [9.17, 15) is 9.59 Å². The third-order valence-electron chi connectivity index (χ3n) is 5.96. The minimum atomic E-state index is -0.588. The van der Waals surface area contributed by atoms with E-state index in [1.54, 1.807) is 25.2 Å². The second-order valence-corrected chi connectivity index (χ2v) is 8.22. The lowest BCUT2D eigenvalue weighted by atomic mass is 9.96. The van der Waals surface area contributed by atoms with Crippen molar-refractivity contribution in [3.8, 4) is 11.5 Å². The molecular weight excluding hydrogens is 422 g/mol. The van der Waals surface area contributed by atoms with E-state index in [2.05, 4.69) is 0 Å². The number of methoxy groups -OCH3 is 2. The number of carbonyl (C=O) groups excluding carboxylic acids is 1. The number of hydrogen-bond acceptors (Lipinski definition) is 6. The summed E-state index contributed by atoms with van der Waals surface area (Å²) >= 11 is 0. The standard InChI is InChI=1S/C26H29NO6/c1-6-32-18-9-8-17(14-19(18)31-5)23-22-24(28)21-16(3)12-15(2)13-20(21)33-25(22)26(29)27(23)10-7-11-30-4/h8-9,12-14,23H,6-7,10-11H2,1-5H3. The van der Waals surface area contributed by atoms with Crippen LogP contribution in [0.25, 0.3) is 11.0 Å². The Hall–Kier alpha value is -3.32. The molecule has 1 unspecified atom stereocenters.